The van der Waals surface area contributed by atoms with Crippen LogP contribution in [0.2, 0.25) is 0 Å². The molecule has 0 N–H and O–H groups in total. The maximum absolute atomic E-state index is 12.9. The number of hydrogen-bond donors (Lipinski definition) is 0. The molecule has 0 heterocycles. The molecule has 0 aromatic heterocycles. The van der Waals surface area contributed by atoms with Gasteiger partial charge in [-0.15, -0.1) is 11.6 Å². The summed E-state index contributed by atoms with van der Waals surface area (Å²) in [6, 6.07) is 0. The number of halogens is 8. The van der Waals surface area contributed by atoms with E-state index < -0.39 is 47.4 Å². The molecule has 0 rings (SSSR count). The van der Waals surface area contributed by atoms with Crippen molar-refractivity contribution in [3.8, 4) is 0 Å². The third kappa shape index (κ3) is 4.08. The van der Waals surface area contributed by atoms with Crippen molar-refractivity contribution in [1.29, 1.82) is 0 Å². The van der Waals surface area contributed by atoms with Gasteiger partial charge in [0.25, 0.3) is 0 Å². The van der Waals surface area contributed by atoms with Gasteiger partial charge >= 0.3 is 24.0 Å². The van der Waals surface area contributed by atoms with Crippen LogP contribution in [0.1, 0.15) is 13.3 Å². The Kier molecular flexibility index (Phi) is 6.37. The molecule has 1 unspecified atom stereocenters. The van der Waals surface area contributed by atoms with Crippen molar-refractivity contribution in [2.45, 2.75) is 36.7 Å². The minimum absolute atomic E-state index is 0.272. The Balaban J connectivity index is 5.14. The molecular weight excluding hydrogens is 353 g/mol. The minimum atomic E-state index is -6.71. The largest absolute Gasteiger partial charge is 0.465 e. The van der Waals surface area contributed by atoms with E-state index in [1.807, 2.05) is 0 Å². The highest BCUT2D eigenvalue weighted by Crippen LogP contribution is 2.47. The van der Waals surface area contributed by atoms with Crippen LogP contribution < -0.4 is 0 Å². The number of carbonyl (C=O) groups is 3. The fourth-order valence-corrected chi connectivity index (χ4v) is 1.20. The lowest BCUT2D eigenvalue weighted by Crippen LogP contribution is -2.56. The van der Waals surface area contributed by atoms with Crippen molar-refractivity contribution < 1.29 is 49.9 Å². The standard InChI is InChI=1S/C10H8ClF7O4/c1-2-22-7(21)6(11)4(19)3-5(20)8(12,13)9(14,15)10(16,17)18/h6H,2-3H2,1H3. The van der Waals surface area contributed by atoms with E-state index in [4.69, 9.17) is 11.6 Å². The summed E-state index contributed by atoms with van der Waals surface area (Å²) in [5.41, 5.74) is 0. The van der Waals surface area contributed by atoms with Crippen LogP contribution in [-0.2, 0) is 19.1 Å². The van der Waals surface area contributed by atoms with Crippen molar-refractivity contribution >= 4 is 29.1 Å². The Labute approximate surface area is 123 Å². The molecular formula is C10H8ClF7O4. The lowest BCUT2D eigenvalue weighted by Gasteiger charge is -2.26. The maximum atomic E-state index is 12.9. The zero-order valence-electron chi connectivity index (χ0n) is 10.6. The summed E-state index contributed by atoms with van der Waals surface area (Å²) < 4.78 is 90.7. The number of ketones is 2. The van der Waals surface area contributed by atoms with Crippen LogP contribution in [0.4, 0.5) is 30.7 Å². The van der Waals surface area contributed by atoms with Gasteiger partial charge in [0, 0.05) is 0 Å². The first kappa shape index (κ1) is 20.6. The Morgan fingerprint density at radius 2 is 1.50 bits per heavy atom. The van der Waals surface area contributed by atoms with Crippen molar-refractivity contribution in [3.63, 3.8) is 0 Å². The average molecular weight is 361 g/mol. The molecule has 0 saturated carbocycles. The topological polar surface area (TPSA) is 60.4 Å². The fourth-order valence-electron chi connectivity index (χ4n) is 1.06. The predicted molar refractivity (Wildman–Crippen MR) is 56.9 cm³/mol. The van der Waals surface area contributed by atoms with Gasteiger partial charge in [0.15, 0.2) is 11.2 Å². The number of esters is 1. The van der Waals surface area contributed by atoms with Gasteiger partial charge in [0.05, 0.1) is 13.0 Å². The molecule has 22 heavy (non-hydrogen) atoms. The molecule has 0 saturated heterocycles. The molecule has 0 aliphatic rings. The van der Waals surface area contributed by atoms with Crippen LogP contribution in [0, 0.1) is 0 Å². The monoisotopic (exact) mass is 360 g/mol. The van der Waals surface area contributed by atoms with E-state index in [-0.39, 0.29) is 6.61 Å². The molecule has 0 aliphatic heterocycles. The van der Waals surface area contributed by atoms with E-state index in [2.05, 4.69) is 4.74 Å². The second-order valence-corrected chi connectivity index (χ2v) is 4.26. The van der Waals surface area contributed by atoms with Crippen LogP contribution in [0.5, 0.6) is 0 Å². The molecule has 1 atom stereocenters. The molecule has 0 bridgehead atoms. The normalized spacial score (nSPS) is 14.4. The van der Waals surface area contributed by atoms with Crippen LogP contribution in [0.3, 0.4) is 0 Å². The highest BCUT2D eigenvalue weighted by molar-refractivity contribution is 6.42. The van der Waals surface area contributed by atoms with Crippen molar-refractivity contribution in [2.24, 2.45) is 0 Å². The molecule has 0 amide bonds. The summed E-state index contributed by atoms with van der Waals surface area (Å²) in [7, 11) is 0. The summed E-state index contributed by atoms with van der Waals surface area (Å²) in [6.45, 7) is 1.01. The van der Waals surface area contributed by atoms with Crippen LogP contribution in [0.25, 0.3) is 0 Å². The summed E-state index contributed by atoms with van der Waals surface area (Å²) in [4.78, 5) is 33.0. The number of Topliss-reactive ketones (excluding diaryl/α,β-unsaturated/α-hetero) is 2. The number of ether oxygens (including phenoxy) is 1. The molecule has 0 aliphatic carbocycles. The maximum Gasteiger partial charge on any atom is 0.460 e. The lowest BCUT2D eigenvalue weighted by atomic mass is 10.0. The first-order valence-electron chi connectivity index (χ1n) is 5.39. The summed E-state index contributed by atoms with van der Waals surface area (Å²) in [6.07, 6.45) is -8.80. The predicted octanol–water partition coefficient (Wildman–Crippen LogP) is 2.52. The molecule has 0 fully saturated rings. The first-order chi connectivity index (χ1) is 9.70. The van der Waals surface area contributed by atoms with E-state index in [0.29, 0.717) is 0 Å². The Hall–Kier alpha value is -1.39. The quantitative estimate of drug-likeness (QED) is 0.303. The Morgan fingerprint density at radius 3 is 1.86 bits per heavy atom. The summed E-state index contributed by atoms with van der Waals surface area (Å²) in [5.74, 6) is -19.1. The van der Waals surface area contributed by atoms with Gasteiger partial charge < -0.3 is 4.74 Å². The third-order valence-electron chi connectivity index (χ3n) is 2.21. The average Bonchev–Trinajstić information content (AvgIpc) is 2.36. The van der Waals surface area contributed by atoms with Gasteiger partial charge in [-0.3, -0.25) is 9.59 Å². The van der Waals surface area contributed by atoms with Crippen molar-refractivity contribution in [1.82, 2.24) is 0 Å². The van der Waals surface area contributed by atoms with Gasteiger partial charge in [-0.05, 0) is 6.92 Å². The summed E-state index contributed by atoms with van der Waals surface area (Å²) >= 11 is 5.13. The molecule has 0 aromatic carbocycles. The second-order valence-electron chi connectivity index (χ2n) is 3.83. The van der Waals surface area contributed by atoms with Gasteiger partial charge in [0.1, 0.15) is 0 Å². The van der Waals surface area contributed by atoms with E-state index in [1.54, 1.807) is 0 Å². The third-order valence-corrected chi connectivity index (χ3v) is 2.63. The number of hydrogen-bond acceptors (Lipinski definition) is 4. The summed E-state index contributed by atoms with van der Waals surface area (Å²) in [5, 5.41) is -2.28. The fraction of sp³-hybridized carbons (Fsp3) is 0.700. The van der Waals surface area contributed by atoms with Crippen molar-refractivity contribution in [3.05, 3.63) is 0 Å². The smallest absolute Gasteiger partial charge is 0.460 e. The molecule has 0 aromatic rings. The van der Waals surface area contributed by atoms with Crippen LogP contribution in [0.15, 0.2) is 0 Å². The zero-order chi connectivity index (χ0) is 17.9. The molecule has 4 nitrogen and oxygen atoms in total. The van der Waals surface area contributed by atoms with Gasteiger partial charge in [-0.25, -0.2) is 4.79 Å². The van der Waals surface area contributed by atoms with E-state index in [0.717, 1.165) is 0 Å². The molecule has 128 valence electrons. The Bertz CT molecular complexity index is 461. The van der Waals surface area contributed by atoms with Crippen LogP contribution >= 0.6 is 11.6 Å². The zero-order valence-corrected chi connectivity index (χ0v) is 11.4. The van der Waals surface area contributed by atoms with Crippen LogP contribution in [-0.4, -0.2) is 47.5 Å². The van der Waals surface area contributed by atoms with Gasteiger partial charge in [-0.1, -0.05) is 0 Å². The molecule has 12 heteroatoms. The minimum Gasteiger partial charge on any atom is -0.465 e. The molecule has 0 spiro atoms. The highest BCUT2D eigenvalue weighted by atomic mass is 35.5. The van der Waals surface area contributed by atoms with Gasteiger partial charge in [0.2, 0.25) is 5.78 Å². The van der Waals surface area contributed by atoms with E-state index in [9.17, 15) is 45.1 Å². The first-order valence-corrected chi connectivity index (χ1v) is 5.82. The SMILES string of the molecule is CCOC(=O)C(Cl)C(=O)CC(=O)C(F)(F)C(F)(F)C(F)(F)F. The number of rotatable bonds is 7. The number of alkyl halides is 8. The second kappa shape index (κ2) is 6.80. The van der Waals surface area contributed by atoms with E-state index in [1.165, 1.54) is 6.92 Å². The molecule has 0 radical (unpaired) electrons. The highest BCUT2D eigenvalue weighted by Gasteiger charge is 2.75. The van der Waals surface area contributed by atoms with Crippen molar-refractivity contribution in [2.75, 3.05) is 6.61 Å². The number of carbonyl (C=O) groups excluding carboxylic acids is 3. The van der Waals surface area contributed by atoms with Gasteiger partial charge in [-0.2, -0.15) is 30.7 Å². The lowest BCUT2D eigenvalue weighted by molar-refractivity contribution is -0.343. The Morgan fingerprint density at radius 1 is 1.05 bits per heavy atom. The van der Waals surface area contributed by atoms with E-state index >= 15 is 0 Å².